The highest BCUT2D eigenvalue weighted by Gasteiger charge is 2.31. The van der Waals surface area contributed by atoms with Gasteiger partial charge < -0.3 is 11.1 Å². The maximum absolute atomic E-state index is 13.2. The van der Waals surface area contributed by atoms with Crippen molar-refractivity contribution in [2.24, 2.45) is 5.73 Å². The van der Waals surface area contributed by atoms with Gasteiger partial charge in [-0.1, -0.05) is 18.2 Å². The molecule has 3 aromatic rings. The Hall–Kier alpha value is -3.17. The van der Waals surface area contributed by atoms with E-state index in [2.05, 4.69) is 5.32 Å². The van der Waals surface area contributed by atoms with Gasteiger partial charge in [0.25, 0.3) is 21.8 Å². The van der Waals surface area contributed by atoms with Crippen molar-refractivity contribution < 1.29 is 18.0 Å². The number of thiophene rings is 1. The van der Waals surface area contributed by atoms with Crippen LogP contribution in [-0.4, -0.2) is 26.8 Å². The molecule has 5 rings (SSSR count). The van der Waals surface area contributed by atoms with E-state index >= 15 is 0 Å². The van der Waals surface area contributed by atoms with E-state index in [1.807, 2.05) is 18.2 Å². The molecule has 7 nitrogen and oxygen atoms in total. The second-order valence-electron chi connectivity index (χ2n) is 8.21. The van der Waals surface area contributed by atoms with Crippen molar-refractivity contribution in [2.75, 3.05) is 16.2 Å². The van der Waals surface area contributed by atoms with E-state index < -0.39 is 21.8 Å². The number of hydrogen-bond acceptors (Lipinski definition) is 5. The van der Waals surface area contributed by atoms with Crippen LogP contribution in [0.1, 0.15) is 49.6 Å². The average molecular weight is 482 g/mol. The van der Waals surface area contributed by atoms with Crippen molar-refractivity contribution in [2.45, 2.75) is 37.0 Å². The predicted molar refractivity (Wildman–Crippen MR) is 129 cm³/mol. The summed E-state index contributed by atoms with van der Waals surface area (Å²) in [7, 11) is -3.73. The zero-order valence-corrected chi connectivity index (χ0v) is 19.5. The average Bonchev–Trinajstić information content (AvgIpc) is 3.40. The van der Waals surface area contributed by atoms with E-state index in [9.17, 15) is 18.0 Å². The lowest BCUT2D eigenvalue weighted by Crippen LogP contribution is -2.29. The number of hydrogen-bond donors (Lipinski definition) is 2. The zero-order valence-electron chi connectivity index (χ0n) is 17.8. The van der Waals surface area contributed by atoms with Gasteiger partial charge in [-0.05, 0) is 73.6 Å². The Morgan fingerprint density at radius 3 is 2.45 bits per heavy atom. The molecule has 0 radical (unpaired) electrons. The van der Waals surface area contributed by atoms with Crippen molar-refractivity contribution >= 4 is 43.9 Å². The van der Waals surface area contributed by atoms with Gasteiger partial charge in [0, 0.05) is 17.0 Å². The number of fused-ring (bicyclic) bond motifs is 2. The highest BCUT2D eigenvalue weighted by Crippen LogP contribution is 2.38. The molecular weight excluding hydrogens is 458 g/mol. The summed E-state index contributed by atoms with van der Waals surface area (Å²) in [4.78, 5) is 26.1. The molecule has 1 aliphatic carbocycles. The fourth-order valence-electron chi connectivity index (χ4n) is 4.55. The number of nitrogens with zero attached hydrogens (tertiary/aromatic N) is 1. The fourth-order valence-corrected chi connectivity index (χ4v) is 7.35. The van der Waals surface area contributed by atoms with Gasteiger partial charge in [-0.15, -0.1) is 11.3 Å². The van der Waals surface area contributed by atoms with Gasteiger partial charge >= 0.3 is 0 Å². The molecule has 33 heavy (non-hydrogen) atoms. The lowest BCUT2D eigenvalue weighted by molar-refractivity contribution is 0.100. The molecule has 2 amide bonds. The van der Waals surface area contributed by atoms with E-state index in [4.69, 9.17) is 5.73 Å². The third-order valence-corrected chi connectivity index (χ3v) is 9.23. The molecule has 1 aliphatic heterocycles. The number of sulfonamides is 1. The van der Waals surface area contributed by atoms with Gasteiger partial charge in [0.15, 0.2) is 0 Å². The number of carbonyl (C=O) groups excluding carboxylic acids is 2. The summed E-state index contributed by atoms with van der Waals surface area (Å²) in [6.45, 7) is 0.392. The first-order valence-electron chi connectivity index (χ1n) is 10.8. The summed E-state index contributed by atoms with van der Waals surface area (Å²) in [6.07, 6.45) is 4.38. The number of benzene rings is 2. The Morgan fingerprint density at radius 1 is 0.970 bits per heavy atom. The lowest BCUT2D eigenvalue weighted by Gasteiger charge is -2.19. The minimum absolute atomic E-state index is 0.125. The van der Waals surface area contributed by atoms with Gasteiger partial charge in [-0.3, -0.25) is 13.9 Å². The number of nitrogens with two attached hydrogens (primary N) is 1. The summed E-state index contributed by atoms with van der Waals surface area (Å²) in [6, 6.07) is 13.3. The van der Waals surface area contributed by atoms with E-state index in [1.54, 1.807) is 6.07 Å². The van der Waals surface area contributed by atoms with E-state index in [1.165, 1.54) is 39.9 Å². The maximum Gasteiger partial charge on any atom is 0.264 e. The summed E-state index contributed by atoms with van der Waals surface area (Å²) in [5.74, 6) is -0.955. The highest BCUT2D eigenvalue weighted by molar-refractivity contribution is 7.92. The molecule has 0 atom stereocenters. The van der Waals surface area contributed by atoms with Gasteiger partial charge in [-0.25, -0.2) is 8.42 Å². The quantitative estimate of drug-likeness (QED) is 0.579. The van der Waals surface area contributed by atoms with Crippen LogP contribution in [0.4, 0.5) is 10.7 Å². The molecule has 3 N–H and O–H groups in total. The number of carbonyl (C=O) groups is 2. The predicted octanol–water partition coefficient (Wildman–Crippen LogP) is 3.73. The summed E-state index contributed by atoms with van der Waals surface area (Å²) in [5.41, 5.74) is 8.95. The van der Waals surface area contributed by atoms with Crippen molar-refractivity contribution in [3.8, 4) is 0 Å². The Morgan fingerprint density at radius 2 is 1.70 bits per heavy atom. The highest BCUT2D eigenvalue weighted by atomic mass is 32.2. The molecule has 0 saturated heterocycles. The van der Waals surface area contributed by atoms with Crippen molar-refractivity contribution in [1.29, 1.82) is 0 Å². The number of amides is 2. The third kappa shape index (κ3) is 3.81. The van der Waals surface area contributed by atoms with E-state index in [0.717, 1.165) is 41.7 Å². The Bertz CT molecular complexity index is 1360. The maximum atomic E-state index is 13.2. The van der Waals surface area contributed by atoms with Gasteiger partial charge in [-0.2, -0.15) is 0 Å². The minimum atomic E-state index is -3.73. The van der Waals surface area contributed by atoms with Crippen LogP contribution in [0.5, 0.6) is 0 Å². The van der Waals surface area contributed by atoms with Gasteiger partial charge in [0.05, 0.1) is 16.1 Å². The summed E-state index contributed by atoms with van der Waals surface area (Å²) < 4.78 is 27.8. The number of nitrogens with one attached hydrogen (secondary N) is 1. The molecular formula is C24H23N3O4S2. The molecule has 170 valence electrons. The Kier molecular flexibility index (Phi) is 5.46. The smallest absolute Gasteiger partial charge is 0.264 e. The molecule has 0 bridgehead atoms. The van der Waals surface area contributed by atoms with Crippen molar-refractivity contribution in [1.82, 2.24) is 0 Å². The van der Waals surface area contributed by atoms with Crippen LogP contribution in [0.25, 0.3) is 0 Å². The Labute approximate surface area is 196 Å². The number of anilines is 2. The number of rotatable bonds is 5. The minimum Gasteiger partial charge on any atom is -0.365 e. The van der Waals surface area contributed by atoms with Crippen LogP contribution in [0.2, 0.25) is 0 Å². The van der Waals surface area contributed by atoms with Crippen LogP contribution >= 0.6 is 11.3 Å². The number of primary amides is 1. The lowest BCUT2D eigenvalue weighted by atomic mass is 9.95. The van der Waals surface area contributed by atoms with E-state index in [0.29, 0.717) is 34.8 Å². The fraction of sp³-hybridized carbons (Fsp3) is 0.250. The molecule has 0 fully saturated rings. The summed E-state index contributed by atoms with van der Waals surface area (Å²) >= 11 is 1.40. The molecule has 9 heteroatoms. The molecule has 2 aromatic carbocycles. The van der Waals surface area contributed by atoms with Crippen LogP contribution in [0.3, 0.4) is 0 Å². The first kappa shape index (κ1) is 21.7. The largest absolute Gasteiger partial charge is 0.365 e. The number of para-hydroxylation sites is 1. The second-order valence-corrected chi connectivity index (χ2v) is 11.2. The van der Waals surface area contributed by atoms with Gasteiger partial charge in [0.2, 0.25) is 0 Å². The topological polar surface area (TPSA) is 110 Å². The normalized spacial score (nSPS) is 15.1. The molecule has 2 heterocycles. The first-order valence-corrected chi connectivity index (χ1v) is 13.1. The Balaban J connectivity index is 1.38. The molecule has 1 aromatic heterocycles. The summed E-state index contributed by atoms with van der Waals surface area (Å²) in [5, 5.41) is 3.27. The third-order valence-electron chi connectivity index (χ3n) is 6.19. The molecule has 0 unspecified atom stereocenters. The molecule has 0 saturated carbocycles. The van der Waals surface area contributed by atoms with Crippen LogP contribution in [0, 0.1) is 0 Å². The van der Waals surface area contributed by atoms with Crippen LogP contribution < -0.4 is 15.4 Å². The van der Waals surface area contributed by atoms with Crippen LogP contribution in [0.15, 0.2) is 53.4 Å². The SMILES string of the molecule is NC(=O)c1c(NC(=O)c2ccc(S(=O)(=O)N3CCc4ccccc43)cc2)sc2c1CCCC2. The molecule has 2 aliphatic rings. The number of aryl methyl sites for hydroxylation is 1. The van der Waals surface area contributed by atoms with Crippen molar-refractivity contribution in [3.05, 3.63) is 75.7 Å². The zero-order chi connectivity index (χ0) is 23.2. The second kappa shape index (κ2) is 8.31. The molecule has 0 spiro atoms. The standard InChI is InChI=1S/C24H23N3O4S2/c25-22(28)21-18-6-2-4-8-20(18)32-24(21)26-23(29)16-9-11-17(12-10-16)33(30,31)27-14-13-15-5-1-3-7-19(15)27/h1,3,5,7,9-12H,2,4,6,8,13-14H2,(H2,25,28)(H,26,29). The van der Waals surface area contributed by atoms with Crippen LogP contribution in [-0.2, 0) is 29.3 Å². The van der Waals surface area contributed by atoms with E-state index in [-0.39, 0.29) is 4.90 Å². The monoisotopic (exact) mass is 481 g/mol. The first-order chi connectivity index (χ1) is 15.9. The van der Waals surface area contributed by atoms with Crippen molar-refractivity contribution in [3.63, 3.8) is 0 Å². The van der Waals surface area contributed by atoms with Gasteiger partial charge in [0.1, 0.15) is 5.00 Å².